The third kappa shape index (κ3) is 2.69. The van der Waals surface area contributed by atoms with Gasteiger partial charge in [-0.2, -0.15) is 8.75 Å². The summed E-state index contributed by atoms with van der Waals surface area (Å²) >= 11 is 6.84. The number of carbonyl (C=O) groups is 1. The van der Waals surface area contributed by atoms with Gasteiger partial charge < -0.3 is 0 Å². The Labute approximate surface area is 127 Å². The molecular formula is C14H16ClN3OS. The monoisotopic (exact) mass is 309 g/mol. The van der Waals surface area contributed by atoms with Crippen molar-refractivity contribution >= 4 is 40.7 Å². The van der Waals surface area contributed by atoms with Crippen LogP contribution in [0.4, 0.5) is 11.5 Å². The Morgan fingerprint density at radius 3 is 2.70 bits per heavy atom. The van der Waals surface area contributed by atoms with Crippen molar-refractivity contribution in [1.82, 2.24) is 8.75 Å². The van der Waals surface area contributed by atoms with Crippen molar-refractivity contribution in [1.29, 1.82) is 0 Å². The smallest absolute Gasteiger partial charge is 0.247 e. The highest BCUT2D eigenvalue weighted by Gasteiger charge is 2.24. The van der Waals surface area contributed by atoms with Gasteiger partial charge in [-0.1, -0.05) is 19.1 Å². The van der Waals surface area contributed by atoms with Gasteiger partial charge in [0.2, 0.25) is 5.91 Å². The fraction of sp³-hybridized carbons (Fsp3) is 0.357. The molecule has 0 aliphatic carbocycles. The number of anilines is 2. The van der Waals surface area contributed by atoms with Gasteiger partial charge in [0.1, 0.15) is 5.88 Å². The Kier molecular flexibility index (Phi) is 4.73. The molecule has 2 aromatic rings. The van der Waals surface area contributed by atoms with Crippen LogP contribution in [-0.4, -0.2) is 20.5 Å². The Morgan fingerprint density at radius 2 is 2.15 bits per heavy atom. The second-order valence-corrected chi connectivity index (χ2v) is 5.32. The summed E-state index contributed by atoms with van der Waals surface area (Å²) in [6.45, 7) is 6.11. The molecule has 0 aliphatic heterocycles. The minimum atomic E-state index is -0.192. The zero-order valence-electron chi connectivity index (χ0n) is 11.7. The summed E-state index contributed by atoms with van der Waals surface area (Å²) in [5.74, 6) is 0.250. The molecule has 6 heteroatoms. The third-order valence-corrected chi connectivity index (χ3v) is 4.03. The number of halogens is 1. The standard InChI is InChI=1S/C14H16ClN3OS/c1-4-11-6-5-9(2)10(3)14(11)18(13(19)7-15)12-8-16-20-17-12/h5-6,8H,4,7H2,1-3H3. The molecule has 1 aromatic heterocycles. The Hall–Kier alpha value is -1.46. The first kappa shape index (κ1) is 14.9. The summed E-state index contributed by atoms with van der Waals surface area (Å²) in [6, 6.07) is 4.12. The van der Waals surface area contributed by atoms with Gasteiger partial charge in [-0.05, 0) is 37.0 Å². The minimum Gasteiger partial charge on any atom is -0.273 e. The molecule has 0 atom stereocenters. The van der Waals surface area contributed by atoms with Crippen LogP contribution < -0.4 is 4.90 Å². The summed E-state index contributed by atoms with van der Waals surface area (Å²) in [5.41, 5.74) is 4.17. The fourth-order valence-corrected chi connectivity index (χ4v) is 2.66. The predicted octanol–water partition coefficient (Wildman–Crippen LogP) is 3.62. The van der Waals surface area contributed by atoms with E-state index in [4.69, 9.17) is 11.6 Å². The number of amides is 1. The van der Waals surface area contributed by atoms with Crippen LogP contribution in [0.2, 0.25) is 0 Å². The largest absolute Gasteiger partial charge is 0.273 e. The van der Waals surface area contributed by atoms with E-state index >= 15 is 0 Å². The molecule has 0 N–H and O–H groups in total. The molecule has 1 heterocycles. The van der Waals surface area contributed by atoms with E-state index in [1.165, 1.54) is 0 Å². The SMILES string of the molecule is CCc1ccc(C)c(C)c1N(C(=O)CCl)c1cnsn1. The number of hydrogen-bond donors (Lipinski definition) is 0. The zero-order chi connectivity index (χ0) is 14.7. The van der Waals surface area contributed by atoms with Crippen LogP contribution >= 0.6 is 23.3 Å². The highest BCUT2D eigenvalue weighted by atomic mass is 35.5. The van der Waals surface area contributed by atoms with E-state index in [-0.39, 0.29) is 11.8 Å². The quantitative estimate of drug-likeness (QED) is 0.810. The zero-order valence-corrected chi connectivity index (χ0v) is 13.3. The number of rotatable bonds is 4. The molecular weight excluding hydrogens is 294 g/mol. The van der Waals surface area contributed by atoms with Crippen LogP contribution in [0.25, 0.3) is 0 Å². The molecule has 0 spiro atoms. The lowest BCUT2D eigenvalue weighted by Gasteiger charge is -2.25. The van der Waals surface area contributed by atoms with Crippen LogP contribution in [0, 0.1) is 13.8 Å². The van der Waals surface area contributed by atoms with Gasteiger partial charge >= 0.3 is 0 Å². The molecule has 1 aromatic carbocycles. The lowest BCUT2D eigenvalue weighted by Crippen LogP contribution is -2.29. The van der Waals surface area contributed by atoms with Gasteiger partial charge in [-0.3, -0.25) is 9.69 Å². The maximum atomic E-state index is 12.3. The van der Waals surface area contributed by atoms with Crippen molar-refractivity contribution < 1.29 is 4.79 Å². The van der Waals surface area contributed by atoms with Gasteiger partial charge in [0.05, 0.1) is 23.6 Å². The van der Waals surface area contributed by atoms with E-state index in [1.54, 1.807) is 11.1 Å². The van der Waals surface area contributed by atoms with Crippen LogP contribution in [0.1, 0.15) is 23.6 Å². The molecule has 0 aliphatic rings. The summed E-state index contributed by atoms with van der Waals surface area (Å²) < 4.78 is 8.17. The molecule has 0 saturated heterocycles. The van der Waals surface area contributed by atoms with Crippen LogP contribution in [-0.2, 0) is 11.2 Å². The topological polar surface area (TPSA) is 46.1 Å². The Morgan fingerprint density at radius 1 is 1.40 bits per heavy atom. The molecule has 1 amide bonds. The second-order valence-electron chi connectivity index (χ2n) is 4.50. The number of carbonyl (C=O) groups excluding carboxylic acids is 1. The van der Waals surface area contributed by atoms with Crippen molar-refractivity contribution in [3.63, 3.8) is 0 Å². The summed E-state index contributed by atoms with van der Waals surface area (Å²) in [7, 11) is 0. The minimum absolute atomic E-state index is 0.0892. The van der Waals surface area contributed by atoms with Crippen molar-refractivity contribution in [3.05, 3.63) is 35.0 Å². The number of hydrogen-bond acceptors (Lipinski definition) is 4. The number of aryl methyl sites for hydroxylation is 2. The molecule has 4 nitrogen and oxygen atoms in total. The highest BCUT2D eigenvalue weighted by molar-refractivity contribution is 6.99. The average molecular weight is 310 g/mol. The second kappa shape index (κ2) is 6.33. The van der Waals surface area contributed by atoms with E-state index in [0.717, 1.165) is 40.5 Å². The number of aromatic nitrogens is 2. The Bertz CT molecular complexity index is 613. The van der Waals surface area contributed by atoms with Crippen LogP contribution in [0.5, 0.6) is 0 Å². The molecule has 0 fully saturated rings. The molecule has 0 bridgehead atoms. The number of benzene rings is 1. The van der Waals surface area contributed by atoms with E-state index in [9.17, 15) is 4.79 Å². The van der Waals surface area contributed by atoms with Gasteiger partial charge in [-0.15, -0.1) is 11.6 Å². The van der Waals surface area contributed by atoms with Crippen molar-refractivity contribution in [2.75, 3.05) is 10.8 Å². The average Bonchev–Trinajstić information content (AvgIpc) is 2.97. The molecule has 2 rings (SSSR count). The molecule has 0 saturated carbocycles. The normalized spacial score (nSPS) is 10.6. The van der Waals surface area contributed by atoms with Gasteiger partial charge in [-0.25, -0.2) is 0 Å². The molecule has 106 valence electrons. The van der Waals surface area contributed by atoms with Crippen molar-refractivity contribution in [2.24, 2.45) is 0 Å². The van der Waals surface area contributed by atoms with Gasteiger partial charge in [0.15, 0.2) is 5.82 Å². The summed E-state index contributed by atoms with van der Waals surface area (Å²) in [4.78, 5) is 13.9. The van der Waals surface area contributed by atoms with Gasteiger partial charge in [0.25, 0.3) is 0 Å². The van der Waals surface area contributed by atoms with Crippen LogP contribution in [0.15, 0.2) is 18.3 Å². The maximum Gasteiger partial charge on any atom is 0.247 e. The summed E-state index contributed by atoms with van der Waals surface area (Å²) in [5, 5.41) is 0. The number of nitrogens with zero attached hydrogens (tertiary/aromatic N) is 3. The van der Waals surface area contributed by atoms with Gasteiger partial charge in [0, 0.05) is 0 Å². The van der Waals surface area contributed by atoms with E-state index < -0.39 is 0 Å². The number of alkyl halides is 1. The predicted molar refractivity (Wildman–Crippen MR) is 83.1 cm³/mol. The maximum absolute atomic E-state index is 12.3. The van der Waals surface area contributed by atoms with Crippen molar-refractivity contribution in [2.45, 2.75) is 27.2 Å². The molecule has 20 heavy (non-hydrogen) atoms. The van der Waals surface area contributed by atoms with Crippen molar-refractivity contribution in [3.8, 4) is 0 Å². The first-order valence-electron chi connectivity index (χ1n) is 6.35. The van der Waals surface area contributed by atoms with E-state index in [1.807, 2.05) is 19.9 Å². The lowest BCUT2D eigenvalue weighted by molar-refractivity contribution is -0.115. The van der Waals surface area contributed by atoms with Crippen LogP contribution in [0.3, 0.4) is 0 Å². The first-order chi connectivity index (χ1) is 9.60. The summed E-state index contributed by atoms with van der Waals surface area (Å²) in [6.07, 6.45) is 2.43. The first-order valence-corrected chi connectivity index (χ1v) is 7.62. The lowest BCUT2D eigenvalue weighted by atomic mass is 10.00. The Balaban J connectivity index is 2.66. The fourth-order valence-electron chi connectivity index (χ4n) is 2.14. The third-order valence-electron chi connectivity index (χ3n) is 3.33. The van der Waals surface area contributed by atoms with E-state index in [0.29, 0.717) is 5.82 Å². The molecule has 0 unspecified atom stereocenters. The van der Waals surface area contributed by atoms with E-state index in [2.05, 4.69) is 21.7 Å². The highest BCUT2D eigenvalue weighted by Crippen LogP contribution is 2.33. The molecule has 0 radical (unpaired) electrons.